The van der Waals surface area contributed by atoms with Crippen LogP contribution in [-0.2, 0) is 5.41 Å². The average molecular weight is 464 g/mol. The van der Waals surface area contributed by atoms with Crippen molar-refractivity contribution in [3.8, 4) is 5.75 Å². The Balaban J connectivity index is 1.94. The first-order chi connectivity index (χ1) is 13.1. The highest BCUT2D eigenvalue weighted by Gasteiger charge is 2.16. The van der Waals surface area contributed by atoms with Crippen molar-refractivity contribution in [2.75, 3.05) is 7.11 Å². The first kappa shape index (κ1) is 21.8. The topological polar surface area (TPSA) is 79.5 Å². The molecule has 6 nitrogen and oxygen atoms in total. The lowest BCUT2D eigenvalue weighted by molar-refractivity contribution is 0.0934. The highest BCUT2D eigenvalue weighted by molar-refractivity contribution is 9.10. The Hall–Kier alpha value is -2.45. The highest BCUT2D eigenvalue weighted by atomic mass is 79.9. The van der Waals surface area contributed by atoms with Gasteiger partial charge in [0, 0.05) is 10.0 Å². The van der Waals surface area contributed by atoms with E-state index in [2.05, 4.69) is 52.9 Å². The monoisotopic (exact) mass is 463 g/mol. The van der Waals surface area contributed by atoms with Gasteiger partial charge in [-0.25, -0.2) is 0 Å². The lowest BCUT2D eigenvalue weighted by Gasteiger charge is -2.19. The van der Waals surface area contributed by atoms with Crippen molar-refractivity contribution in [3.05, 3.63) is 63.6 Å². The Kier molecular flexibility index (Phi) is 7.15. The molecule has 0 aliphatic heterocycles. The molecule has 0 atom stereocenters. The number of amides is 2. The van der Waals surface area contributed by atoms with Crippen molar-refractivity contribution in [1.82, 2.24) is 16.2 Å². The number of thiocarbonyl (C=S) groups is 1. The molecule has 0 spiro atoms. The van der Waals surface area contributed by atoms with Gasteiger partial charge in [0.25, 0.3) is 11.8 Å². The molecule has 0 fully saturated rings. The fourth-order valence-electron chi connectivity index (χ4n) is 2.37. The van der Waals surface area contributed by atoms with Crippen molar-refractivity contribution >= 4 is 45.1 Å². The summed E-state index contributed by atoms with van der Waals surface area (Å²) in [7, 11) is 1.47. The first-order valence-corrected chi connectivity index (χ1v) is 9.67. The first-order valence-electron chi connectivity index (χ1n) is 8.47. The number of benzene rings is 2. The minimum Gasteiger partial charge on any atom is -0.496 e. The summed E-state index contributed by atoms with van der Waals surface area (Å²) in [5.74, 6) is -0.414. The Morgan fingerprint density at radius 3 is 2.21 bits per heavy atom. The Labute approximate surface area is 178 Å². The summed E-state index contributed by atoms with van der Waals surface area (Å²) in [6.07, 6.45) is 0. The van der Waals surface area contributed by atoms with Crippen LogP contribution < -0.4 is 20.9 Å². The van der Waals surface area contributed by atoms with E-state index in [0.717, 1.165) is 10.0 Å². The zero-order valence-corrected chi connectivity index (χ0v) is 18.5. The summed E-state index contributed by atoms with van der Waals surface area (Å²) in [4.78, 5) is 24.6. The fraction of sp³-hybridized carbons (Fsp3) is 0.250. The number of hydrogen-bond acceptors (Lipinski definition) is 4. The quantitative estimate of drug-likeness (QED) is 0.477. The second-order valence-corrected chi connectivity index (χ2v) is 8.36. The molecule has 0 radical (unpaired) electrons. The summed E-state index contributed by atoms with van der Waals surface area (Å²) in [6, 6.07) is 12.3. The van der Waals surface area contributed by atoms with Gasteiger partial charge in [-0.15, -0.1) is 0 Å². The summed E-state index contributed by atoms with van der Waals surface area (Å²) in [6.45, 7) is 6.31. The van der Waals surface area contributed by atoms with Crippen LogP contribution in [0.3, 0.4) is 0 Å². The zero-order chi connectivity index (χ0) is 20.9. The predicted octanol–water partition coefficient (Wildman–Crippen LogP) is 3.70. The van der Waals surface area contributed by atoms with Gasteiger partial charge >= 0.3 is 0 Å². The van der Waals surface area contributed by atoms with Crippen molar-refractivity contribution in [3.63, 3.8) is 0 Å². The molecule has 0 aliphatic rings. The summed E-state index contributed by atoms with van der Waals surface area (Å²) >= 11 is 8.38. The third-order valence-corrected chi connectivity index (χ3v) is 4.63. The van der Waals surface area contributed by atoms with Crippen LogP contribution in [0.5, 0.6) is 5.75 Å². The van der Waals surface area contributed by atoms with Crippen molar-refractivity contribution in [2.24, 2.45) is 0 Å². The largest absolute Gasteiger partial charge is 0.496 e. The van der Waals surface area contributed by atoms with Gasteiger partial charge in [0.2, 0.25) is 0 Å². The van der Waals surface area contributed by atoms with Crippen LogP contribution in [0.1, 0.15) is 47.1 Å². The van der Waals surface area contributed by atoms with Crippen LogP contribution >= 0.6 is 28.1 Å². The maximum absolute atomic E-state index is 12.4. The number of carbonyl (C=O) groups is 2. The van der Waals surface area contributed by atoms with E-state index in [-0.39, 0.29) is 16.4 Å². The number of halogens is 1. The molecule has 0 aromatic heterocycles. The Morgan fingerprint density at radius 2 is 1.64 bits per heavy atom. The molecular formula is C20H22BrN3O3S. The number of methoxy groups -OCH3 is 1. The minimum absolute atomic E-state index is 0.00654. The fourth-order valence-corrected chi connectivity index (χ4v) is 2.87. The number of nitrogens with one attached hydrogen (secondary N) is 3. The molecule has 2 aromatic rings. The molecule has 2 rings (SSSR count). The lowest BCUT2D eigenvalue weighted by Crippen LogP contribution is -2.48. The van der Waals surface area contributed by atoms with E-state index in [1.165, 1.54) is 7.11 Å². The van der Waals surface area contributed by atoms with E-state index in [9.17, 15) is 9.59 Å². The van der Waals surface area contributed by atoms with Crippen molar-refractivity contribution in [1.29, 1.82) is 0 Å². The number of rotatable bonds is 3. The van der Waals surface area contributed by atoms with E-state index < -0.39 is 5.91 Å². The van der Waals surface area contributed by atoms with E-state index in [0.29, 0.717) is 16.9 Å². The van der Waals surface area contributed by atoms with Gasteiger partial charge in [0.1, 0.15) is 5.75 Å². The molecule has 0 bridgehead atoms. The van der Waals surface area contributed by atoms with E-state index in [4.69, 9.17) is 17.0 Å². The maximum atomic E-state index is 12.4. The number of ether oxygens (including phenoxy) is 1. The summed E-state index contributed by atoms with van der Waals surface area (Å²) in [5, 5.41) is 2.46. The smallest absolute Gasteiger partial charge is 0.269 e. The van der Waals surface area contributed by atoms with Crippen LogP contribution in [0.4, 0.5) is 0 Å². The molecule has 2 aromatic carbocycles. The van der Waals surface area contributed by atoms with Gasteiger partial charge < -0.3 is 4.74 Å². The number of carbonyl (C=O) groups excluding carboxylic acids is 2. The molecule has 0 saturated heterocycles. The third-order valence-electron chi connectivity index (χ3n) is 3.94. The van der Waals surface area contributed by atoms with E-state index in [1.54, 1.807) is 30.3 Å². The molecule has 8 heteroatoms. The average Bonchev–Trinajstić information content (AvgIpc) is 2.65. The standard InChI is InChI=1S/C20H22BrN3O3S/c1-20(2,3)13-7-5-12(6-8-13)17(25)23-24-19(28)22-18(26)15-11-14(21)9-10-16(15)27-4/h5-11H,1-4H3,(H,23,25)(H2,22,24,26,28). The van der Waals surface area contributed by atoms with Crippen LogP contribution in [0.25, 0.3) is 0 Å². The highest BCUT2D eigenvalue weighted by Crippen LogP contribution is 2.23. The SMILES string of the molecule is COc1ccc(Br)cc1C(=O)NC(=S)NNC(=O)c1ccc(C(C)(C)C)cc1. The Bertz CT molecular complexity index is 893. The normalized spacial score (nSPS) is 10.8. The molecular weight excluding hydrogens is 442 g/mol. The summed E-state index contributed by atoms with van der Waals surface area (Å²) in [5.41, 5.74) is 6.91. The second kappa shape index (κ2) is 9.16. The third kappa shape index (κ3) is 5.77. The minimum atomic E-state index is -0.459. The van der Waals surface area contributed by atoms with Crippen molar-refractivity contribution in [2.45, 2.75) is 26.2 Å². The second-order valence-electron chi connectivity index (χ2n) is 7.03. The molecule has 0 heterocycles. The van der Waals surface area contributed by atoms with Crippen LogP contribution in [0.2, 0.25) is 0 Å². The molecule has 0 saturated carbocycles. The summed E-state index contributed by atoms with van der Waals surface area (Å²) < 4.78 is 5.90. The molecule has 0 aliphatic carbocycles. The van der Waals surface area contributed by atoms with Gasteiger partial charge in [-0.3, -0.25) is 25.8 Å². The van der Waals surface area contributed by atoms with Gasteiger partial charge in [-0.1, -0.05) is 48.8 Å². The van der Waals surface area contributed by atoms with Gasteiger partial charge in [0.15, 0.2) is 5.11 Å². The van der Waals surface area contributed by atoms with E-state index in [1.807, 2.05) is 12.1 Å². The number of hydrazine groups is 1. The van der Waals surface area contributed by atoms with Gasteiger partial charge in [-0.2, -0.15) is 0 Å². The molecule has 2 amide bonds. The van der Waals surface area contributed by atoms with E-state index >= 15 is 0 Å². The molecule has 148 valence electrons. The van der Waals surface area contributed by atoms with Crippen LogP contribution in [0.15, 0.2) is 46.9 Å². The predicted molar refractivity (Wildman–Crippen MR) is 117 cm³/mol. The molecule has 28 heavy (non-hydrogen) atoms. The van der Waals surface area contributed by atoms with Crippen molar-refractivity contribution < 1.29 is 14.3 Å². The maximum Gasteiger partial charge on any atom is 0.269 e. The van der Waals surface area contributed by atoms with Crippen LogP contribution in [0, 0.1) is 0 Å². The molecule has 3 N–H and O–H groups in total. The van der Waals surface area contributed by atoms with Crippen LogP contribution in [-0.4, -0.2) is 24.0 Å². The zero-order valence-electron chi connectivity index (χ0n) is 16.1. The van der Waals surface area contributed by atoms with Gasteiger partial charge in [-0.05, 0) is 53.5 Å². The Morgan fingerprint density at radius 1 is 1.00 bits per heavy atom. The lowest BCUT2D eigenvalue weighted by atomic mass is 9.87. The van der Waals surface area contributed by atoms with Gasteiger partial charge in [0.05, 0.1) is 12.7 Å². The number of hydrogen-bond donors (Lipinski definition) is 3. The molecule has 0 unspecified atom stereocenters.